The minimum absolute atomic E-state index is 0.163. The predicted octanol–water partition coefficient (Wildman–Crippen LogP) is 2.65. The first-order chi connectivity index (χ1) is 6.74. The molecule has 0 aliphatic rings. The van der Waals surface area contributed by atoms with E-state index in [4.69, 9.17) is 11.6 Å². The number of carbonyl (C=O) groups excluding carboxylic acids is 1. The van der Waals surface area contributed by atoms with Crippen LogP contribution in [-0.4, -0.2) is 29.8 Å². The standard InChI is InChI=1S/C10H20ClNOS/c1-3-9(8-14-2)12-10(13)6-4-5-7-11/h9H,3-8H2,1-2H3,(H,12,13). The number of hydrogen-bond acceptors (Lipinski definition) is 2. The fraction of sp³-hybridized carbons (Fsp3) is 0.900. The number of amides is 1. The Kier molecular flexibility index (Phi) is 9.73. The molecule has 1 amide bonds. The SMILES string of the molecule is CCC(CSC)NC(=O)CCCCCl. The summed E-state index contributed by atoms with van der Waals surface area (Å²) >= 11 is 7.30. The Morgan fingerprint density at radius 1 is 1.50 bits per heavy atom. The Morgan fingerprint density at radius 2 is 2.21 bits per heavy atom. The first-order valence-electron chi connectivity index (χ1n) is 5.08. The van der Waals surface area contributed by atoms with Gasteiger partial charge in [-0.1, -0.05) is 6.92 Å². The first-order valence-corrected chi connectivity index (χ1v) is 7.01. The van der Waals surface area contributed by atoms with Crippen molar-refractivity contribution in [1.29, 1.82) is 0 Å². The second-order valence-electron chi connectivity index (χ2n) is 3.27. The highest BCUT2D eigenvalue weighted by Crippen LogP contribution is 2.03. The number of alkyl halides is 1. The fourth-order valence-electron chi connectivity index (χ4n) is 1.14. The van der Waals surface area contributed by atoms with Gasteiger partial charge < -0.3 is 5.32 Å². The smallest absolute Gasteiger partial charge is 0.220 e. The topological polar surface area (TPSA) is 29.1 Å². The van der Waals surface area contributed by atoms with Crippen LogP contribution >= 0.6 is 23.4 Å². The van der Waals surface area contributed by atoms with Gasteiger partial charge in [0.15, 0.2) is 0 Å². The van der Waals surface area contributed by atoms with Gasteiger partial charge in [-0.25, -0.2) is 0 Å². The Bertz CT molecular complexity index is 155. The Morgan fingerprint density at radius 3 is 2.71 bits per heavy atom. The summed E-state index contributed by atoms with van der Waals surface area (Å²) in [4.78, 5) is 11.4. The van der Waals surface area contributed by atoms with Gasteiger partial charge in [0.05, 0.1) is 0 Å². The summed E-state index contributed by atoms with van der Waals surface area (Å²) in [6, 6.07) is 0.327. The van der Waals surface area contributed by atoms with E-state index >= 15 is 0 Å². The van der Waals surface area contributed by atoms with Crippen molar-refractivity contribution in [3.63, 3.8) is 0 Å². The summed E-state index contributed by atoms with van der Waals surface area (Å²) in [5.74, 6) is 1.81. The maximum Gasteiger partial charge on any atom is 0.220 e. The Balaban J connectivity index is 3.56. The van der Waals surface area contributed by atoms with Gasteiger partial charge in [-0.05, 0) is 25.5 Å². The van der Waals surface area contributed by atoms with Crippen molar-refractivity contribution in [2.75, 3.05) is 17.9 Å². The van der Waals surface area contributed by atoms with Gasteiger partial charge >= 0.3 is 0 Å². The van der Waals surface area contributed by atoms with E-state index in [0.29, 0.717) is 18.3 Å². The molecule has 0 saturated carbocycles. The average Bonchev–Trinajstić information content (AvgIpc) is 2.17. The van der Waals surface area contributed by atoms with E-state index in [1.165, 1.54) is 0 Å². The van der Waals surface area contributed by atoms with Crippen LogP contribution in [0.3, 0.4) is 0 Å². The lowest BCUT2D eigenvalue weighted by atomic mass is 10.2. The molecule has 0 aliphatic carbocycles. The van der Waals surface area contributed by atoms with Crippen molar-refractivity contribution in [3.8, 4) is 0 Å². The number of hydrogen-bond donors (Lipinski definition) is 1. The minimum atomic E-state index is 0.163. The molecule has 0 aliphatic heterocycles. The molecule has 84 valence electrons. The lowest BCUT2D eigenvalue weighted by Crippen LogP contribution is -2.35. The number of unbranched alkanes of at least 4 members (excludes halogenated alkanes) is 1. The third kappa shape index (κ3) is 7.51. The molecule has 0 bridgehead atoms. The molecule has 0 radical (unpaired) electrons. The van der Waals surface area contributed by atoms with Crippen LogP contribution in [0.15, 0.2) is 0 Å². The highest BCUT2D eigenvalue weighted by Gasteiger charge is 2.08. The quantitative estimate of drug-likeness (QED) is 0.520. The lowest BCUT2D eigenvalue weighted by molar-refractivity contribution is -0.121. The zero-order valence-corrected chi connectivity index (χ0v) is 10.6. The molecule has 1 unspecified atom stereocenters. The molecule has 0 aromatic rings. The summed E-state index contributed by atoms with van der Waals surface area (Å²) in [6.07, 6.45) is 5.49. The molecule has 0 fully saturated rings. The van der Waals surface area contributed by atoms with Crippen LogP contribution in [0.25, 0.3) is 0 Å². The molecular weight excluding hydrogens is 218 g/mol. The molecule has 0 saturated heterocycles. The molecule has 1 N–H and O–H groups in total. The van der Waals surface area contributed by atoms with Crippen molar-refractivity contribution in [3.05, 3.63) is 0 Å². The van der Waals surface area contributed by atoms with E-state index in [-0.39, 0.29) is 5.91 Å². The summed E-state index contributed by atoms with van der Waals surface area (Å²) in [6.45, 7) is 2.10. The fourth-order valence-corrected chi connectivity index (χ4v) is 2.05. The number of halogens is 1. The number of thioether (sulfide) groups is 1. The van der Waals surface area contributed by atoms with Crippen molar-refractivity contribution in [1.82, 2.24) is 5.32 Å². The normalized spacial score (nSPS) is 12.5. The maximum absolute atomic E-state index is 11.4. The lowest BCUT2D eigenvalue weighted by Gasteiger charge is -2.15. The molecule has 4 heteroatoms. The van der Waals surface area contributed by atoms with Gasteiger partial charge in [0.1, 0.15) is 0 Å². The number of rotatable bonds is 8. The van der Waals surface area contributed by atoms with E-state index < -0.39 is 0 Å². The van der Waals surface area contributed by atoms with Crippen molar-refractivity contribution >= 4 is 29.3 Å². The van der Waals surface area contributed by atoms with Gasteiger partial charge in [-0.15, -0.1) is 11.6 Å². The van der Waals surface area contributed by atoms with E-state index in [1.54, 1.807) is 11.8 Å². The highest BCUT2D eigenvalue weighted by atomic mass is 35.5. The second kappa shape index (κ2) is 9.66. The third-order valence-corrected chi connectivity index (χ3v) is 3.02. The molecule has 0 aromatic heterocycles. The molecule has 1 atom stereocenters. The van der Waals surface area contributed by atoms with Crippen LogP contribution in [0.4, 0.5) is 0 Å². The number of nitrogens with one attached hydrogen (secondary N) is 1. The van der Waals surface area contributed by atoms with E-state index in [2.05, 4.69) is 18.5 Å². The zero-order valence-electron chi connectivity index (χ0n) is 9.01. The molecule has 0 aromatic carbocycles. The van der Waals surface area contributed by atoms with Gasteiger partial charge in [-0.3, -0.25) is 4.79 Å². The molecule has 0 spiro atoms. The zero-order chi connectivity index (χ0) is 10.8. The second-order valence-corrected chi connectivity index (χ2v) is 4.56. The molecular formula is C10H20ClNOS. The van der Waals surface area contributed by atoms with Crippen LogP contribution < -0.4 is 5.32 Å². The van der Waals surface area contributed by atoms with E-state index in [9.17, 15) is 4.79 Å². The van der Waals surface area contributed by atoms with Crippen LogP contribution in [0.2, 0.25) is 0 Å². The Hall–Kier alpha value is 0.110. The Labute approximate surface area is 96.2 Å². The van der Waals surface area contributed by atoms with Crippen molar-refractivity contribution in [2.45, 2.75) is 38.6 Å². The largest absolute Gasteiger partial charge is 0.353 e. The van der Waals surface area contributed by atoms with E-state index in [0.717, 1.165) is 25.0 Å². The molecule has 14 heavy (non-hydrogen) atoms. The highest BCUT2D eigenvalue weighted by molar-refractivity contribution is 7.98. The van der Waals surface area contributed by atoms with Crippen molar-refractivity contribution < 1.29 is 4.79 Å². The predicted molar refractivity (Wildman–Crippen MR) is 65.2 cm³/mol. The van der Waals surface area contributed by atoms with E-state index in [1.807, 2.05) is 0 Å². The minimum Gasteiger partial charge on any atom is -0.353 e. The average molecular weight is 238 g/mol. The van der Waals surface area contributed by atoms with Gasteiger partial charge in [0.25, 0.3) is 0 Å². The summed E-state index contributed by atoms with van der Waals surface area (Å²) in [7, 11) is 0. The van der Waals surface area contributed by atoms with Gasteiger partial charge in [0, 0.05) is 24.1 Å². The summed E-state index contributed by atoms with van der Waals surface area (Å²) in [5, 5.41) is 3.02. The summed E-state index contributed by atoms with van der Waals surface area (Å²) in [5.41, 5.74) is 0. The summed E-state index contributed by atoms with van der Waals surface area (Å²) < 4.78 is 0. The van der Waals surface area contributed by atoms with Crippen LogP contribution in [0.1, 0.15) is 32.6 Å². The first kappa shape index (κ1) is 14.1. The molecule has 2 nitrogen and oxygen atoms in total. The van der Waals surface area contributed by atoms with Gasteiger partial charge in [-0.2, -0.15) is 11.8 Å². The third-order valence-electron chi connectivity index (χ3n) is 2.01. The van der Waals surface area contributed by atoms with Crippen LogP contribution in [-0.2, 0) is 4.79 Å². The molecule has 0 heterocycles. The maximum atomic E-state index is 11.4. The molecule has 0 rings (SSSR count). The van der Waals surface area contributed by atoms with Gasteiger partial charge in [0.2, 0.25) is 5.91 Å². The monoisotopic (exact) mass is 237 g/mol. The van der Waals surface area contributed by atoms with Crippen LogP contribution in [0, 0.1) is 0 Å². The van der Waals surface area contributed by atoms with Crippen molar-refractivity contribution in [2.24, 2.45) is 0 Å². The van der Waals surface area contributed by atoms with Crippen LogP contribution in [0.5, 0.6) is 0 Å². The number of carbonyl (C=O) groups is 1.